The van der Waals surface area contributed by atoms with Crippen LogP contribution in [0.1, 0.15) is 6.92 Å². The number of rotatable bonds is 1. The van der Waals surface area contributed by atoms with Gasteiger partial charge in [-0.05, 0) is 6.92 Å². The van der Waals surface area contributed by atoms with E-state index in [1.54, 1.807) is 0 Å². The zero-order valence-electron chi connectivity index (χ0n) is 7.41. The largest absolute Gasteiger partial charge is 0.388 e. The van der Waals surface area contributed by atoms with Crippen molar-refractivity contribution >= 4 is 0 Å². The van der Waals surface area contributed by atoms with Gasteiger partial charge in [-0.1, -0.05) is 0 Å². The van der Waals surface area contributed by atoms with E-state index >= 15 is 0 Å². The molecule has 1 aliphatic rings. The summed E-state index contributed by atoms with van der Waals surface area (Å²) in [4.78, 5) is 0. The second-order valence-corrected chi connectivity index (χ2v) is 3.08. The maximum Gasteiger partial charge on any atom is 0.310 e. The second kappa shape index (κ2) is 3.49. The molecular formula is C7H14O6. The van der Waals surface area contributed by atoms with E-state index in [2.05, 4.69) is 4.74 Å². The van der Waals surface area contributed by atoms with E-state index in [-0.39, 0.29) is 0 Å². The van der Waals surface area contributed by atoms with Crippen molar-refractivity contribution in [3.8, 4) is 0 Å². The summed E-state index contributed by atoms with van der Waals surface area (Å²) in [6, 6.07) is 0. The summed E-state index contributed by atoms with van der Waals surface area (Å²) in [5, 5.41) is 37.2. The molecular weight excluding hydrogens is 180 g/mol. The molecule has 0 bridgehead atoms. The van der Waals surface area contributed by atoms with Gasteiger partial charge in [0.1, 0.15) is 12.2 Å². The molecule has 0 spiro atoms. The van der Waals surface area contributed by atoms with Gasteiger partial charge in [-0.25, -0.2) is 0 Å². The van der Waals surface area contributed by atoms with Gasteiger partial charge in [0.05, 0.1) is 6.10 Å². The summed E-state index contributed by atoms with van der Waals surface area (Å²) in [6.45, 7) is 1.45. The molecule has 1 saturated heterocycles. The Morgan fingerprint density at radius 3 is 2.23 bits per heavy atom. The summed E-state index contributed by atoms with van der Waals surface area (Å²) in [5.74, 6) is -2.25. The minimum atomic E-state index is -2.25. The van der Waals surface area contributed by atoms with E-state index in [9.17, 15) is 20.4 Å². The number of ether oxygens (including phenoxy) is 2. The minimum absolute atomic E-state index is 0.816. The van der Waals surface area contributed by atoms with Gasteiger partial charge in [-0.3, -0.25) is 0 Å². The number of hydrogen-bond acceptors (Lipinski definition) is 6. The monoisotopic (exact) mass is 194 g/mol. The van der Waals surface area contributed by atoms with E-state index < -0.39 is 30.4 Å². The van der Waals surface area contributed by atoms with Crippen molar-refractivity contribution in [2.45, 2.75) is 37.3 Å². The van der Waals surface area contributed by atoms with Crippen LogP contribution in [0.15, 0.2) is 0 Å². The van der Waals surface area contributed by atoms with Gasteiger partial charge >= 0.3 is 5.97 Å². The molecule has 4 N–H and O–H groups in total. The fourth-order valence-corrected chi connectivity index (χ4v) is 1.25. The summed E-state index contributed by atoms with van der Waals surface area (Å²) in [7, 11) is 1.13. The van der Waals surface area contributed by atoms with Crippen molar-refractivity contribution in [3.63, 3.8) is 0 Å². The third-order valence-electron chi connectivity index (χ3n) is 2.18. The number of methoxy groups -OCH3 is 1. The van der Waals surface area contributed by atoms with Crippen LogP contribution >= 0.6 is 0 Å². The first-order chi connectivity index (χ1) is 5.92. The topological polar surface area (TPSA) is 99.4 Å². The van der Waals surface area contributed by atoms with Gasteiger partial charge in [0, 0.05) is 7.11 Å². The molecule has 0 aliphatic carbocycles. The van der Waals surface area contributed by atoms with Crippen molar-refractivity contribution in [2.75, 3.05) is 7.11 Å². The van der Waals surface area contributed by atoms with E-state index in [4.69, 9.17) is 4.74 Å². The average Bonchev–Trinajstić information content (AvgIpc) is 2.12. The maximum absolute atomic E-state index is 9.44. The molecule has 0 aromatic heterocycles. The van der Waals surface area contributed by atoms with Crippen LogP contribution in [0.5, 0.6) is 0 Å². The Balaban J connectivity index is 2.82. The molecule has 6 nitrogen and oxygen atoms in total. The number of aliphatic hydroxyl groups excluding tert-OH is 3. The first-order valence-electron chi connectivity index (χ1n) is 3.92. The molecule has 1 fully saturated rings. The first-order valence-corrected chi connectivity index (χ1v) is 3.92. The van der Waals surface area contributed by atoms with E-state index in [1.807, 2.05) is 0 Å². The molecule has 0 amide bonds. The Morgan fingerprint density at radius 2 is 1.77 bits per heavy atom. The Bertz CT molecular complexity index is 186. The summed E-state index contributed by atoms with van der Waals surface area (Å²) < 4.78 is 9.28. The molecule has 5 unspecified atom stereocenters. The predicted octanol–water partition coefficient (Wildman–Crippen LogP) is -2.22. The Morgan fingerprint density at radius 1 is 1.23 bits per heavy atom. The van der Waals surface area contributed by atoms with Crippen molar-refractivity contribution in [3.05, 3.63) is 0 Å². The first kappa shape index (κ1) is 10.8. The van der Waals surface area contributed by atoms with Crippen LogP contribution in [0.3, 0.4) is 0 Å². The van der Waals surface area contributed by atoms with Gasteiger partial charge in [0.15, 0.2) is 6.10 Å². The third kappa shape index (κ3) is 1.69. The summed E-state index contributed by atoms with van der Waals surface area (Å²) >= 11 is 0. The summed E-state index contributed by atoms with van der Waals surface area (Å²) in [5.41, 5.74) is 0. The highest BCUT2D eigenvalue weighted by molar-refractivity contribution is 4.90. The van der Waals surface area contributed by atoms with Gasteiger partial charge in [-0.2, -0.15) is 0 Å². The van der Waals surface area contributed by atoms with E-state index in [1.165, 1.54) is 6.92 Å². The SMILES string of the molecule is COC1(O)OC(C)C(O)C(O)C1O. The zero-order chi connectivity index (χ0) is 10.2. The van der Waals surface area contributed by atoms with Crippen molar-refractivity contribution < 1.29 is 29.9 Å². The number of hydrogen-bond donors (Lipinski definition) is 4. The van der Waals surface area contributed by atoms with Crippen LogP contribution in [0.25, 0.3) is 0 Å². The molecule has 1 heterocycles. The smallest absolute Gasteiger partial charge is 0.310 e. The lowest BCUT2D eigenvalue weighted by Gasteiger charge is -2.43. The highest BCUT2D eigenvalue weighted by Crippen LogP contribution is 2.28. The van der Waals surface area contributed by atoms with Gasteiger partial charge < -0.3 is 29.9 Å². The molecule has 0 saturated carbocycles. The normalized spacial score (nSPS) is 52.2. The van der Waals surface area contributed by atoms with Crippen molar-refractivity contribution in [1.29, 1.82) is 0 Å². The molecule has 5 atom stereocenters. The standard InChI is InChI=1S/C7H14O6/c1-3-4(8)5(9)6(10)7(11,12-2)13-3/h3-6,8-11H,1-2H3. The molecule has 0 aromatic carbocycles. The summed E-state index contributed by atoms with van der Waals surface area (Å²) in [6.07, 6.45) is -5.24. The van der Waals surface area contributed by atoms with Crippen LogP contribution in [-0.4, -0.2) is 57.9 Å². The third-order valence-corrected chi connectivity index (χ3v) is 2.18. The lowest BCUT2D eigenvalue weighted by Crippen LogP contribution is -2.64. The predicted molar refractivity (Wildman–Crippen MR) is 40.5 cm³/mol. The fraction of sp³-hybridized carbons (Fsp3) is 1.00. The van der Waals surface area contributed by atoms with E-state index in [0.717, 1.165) is 7.11 Å². The van der Waals surface area contributed by atoms with Crippen molar-refractivity contribution in [1.82, 2.24) is 0 Å². The van der Waals surface area contributed by atoms with Crippen LogP contribution in [0.2, 0.25) is 0 Å². The van der Waals surface area contributed by atoms with Gasteiger partial charge in [0.2, 0.25) is 0 Å². The van der Waals surface area contributed by atoms with Gasteiger partial charge in [0.25, 0.3) is 0 Å². The number of aliphatic hydroxyl groups is 4. The molecule has 0 aromatic rings. The quantitative estimate of drug-likeness (QED) is 0.353. The highest BCUT2D eigenvalue weighted by atomic mass is 16.8. The second-order valence-electron chi connectivity index (χ2n) is 3.08. The Hall–Kier alpha value is -0.240. The van der Waals surface area contributed by atoms with E-state index in [0.29, 0.717) is 0 Å². The Kier molecular flexibility index (Phi) is 2.91. The zero-order valence-corrected chi connectivity index (χ0v) is 7.41. The van der Waals surface area contributed by atoms with Gasteiger partial charge in [-0.15, -0.1) is 0 Å². The molecule has 78 valence electrons. The average molecular weight is 194 g/mol. The fourth-order valence-electron chi connectivity index (χ4n) is 1.25. The molecule has 13 heavy (non-hydrogen) atoms. The van der Waals surface area contributed by atoms with Crippen molar-refractivity contribution in [2.24, 2.45) is 0 Å². The van der Waals surface area contributed by atoms with Crippen LogP contribution in [0.4, 0.5) is 0 Å². The molecule has 1 aliphatic heterocycles. The maximum atomic E-state index is 9.44. The lowest BCUT2D eigenvalue weighted by atomic mass is 9.98. The lowest BCUT2D eigenvalue weighted by molar-refractivity contribution is -0.438. The molecule has 0 radical (unpaired) electrons. The molecule has 6 heteroatoms. The molecule has 1 rings (SSSR count). The van der Waals surface area contributed by atoms with Crippen LogP contribution in [-0.2, 0) is 9.47 Å². The van der Waals surface area contributed by atoms with Crippen LogP contribution < -0.4 is 0 Å². The van der Waals surface area contributed by atoms with Crippen LogP contribution in [0, 0.1) is 0 Å². The highest BCUT2D eigenvalue weighted by Gasteiger charge is 2.52. The Labute approximate surface area is 75.3 Å². The minimum Gasteiger partial charge on any atom is -0.388 e.